The fourth-order valence-electron chi connectivity index (χ4n) is 2.45. The maximum atomic E-state index is 11.1. The van der Waals surface area contributed by atoms with Crippen LogP contribution in [0.2, 0.25) is 0 Å². The van der Waals surface area contributed by atoms with Crippen molar-refractivity contribution < 1.29 is 23.7 Å². The molecule has 2 rings (SSSR count). The standard InChI is InChI=1S/C18H25NO5/c1-14(20)4-5-15-12-16(21-2)18(17(13-15)22-3)24-11-8-19-6-9-23-10-7-19/h4-5,12-13H,6-11H2,1-3H3. The van der Waals surface area contributed by atoms with Gasteiger partial charge in [-0.3, -0.25) is 9.69 Å². The van der Waals surface area contributed by atoms with E-state index in [1.54, 1.807) is 20.3 Å². The van der Waals surface area contributed by atoms with E-state index in [0.717, 1.165) is 38.4 Å². The topological polar surface area (TPSA) is 57.2 Å². The Morgan fingerprint density at radius 2 is 1.83 bits per heavy atom. The Balaban J connectivity index is 2.07. The van der Waals surface area contributed by atoms with Gasteiger partial charge in [0, 0.05) is 19.6 Å². The van der Waals surface area contributed by atoms with Gasteiger partial charge in [-0.15, -0.1) is 0 Å². The molecule has 0 radical (unpaired) electrons. The molecule has 132 valence electrons. The molecule has 0 N–H and O–H groups in total. The molecular formula is C18H25NO5. The van der Waals surface area contributed by atoms with Crippen molar-refractivity contribution in [2.24, 2.45) is 0 Å². The molecule has 0 spiro atoms. The molecule has 0 bridgehead atoms. The third-order valence-corrected chi connectivity index (χ3v) is 3.75. The number of ketones is 1. The summed E-state index contributed by atoms with van der Waals surface area (Å²) in [7, 11) is 3.17. The largest absolute Gasteiger partial charge is 0.493 e. The normalized spacial score (nSPS) is 15.5. The van der Waals surface area contributed by atoms with Gasteiger partial charge >= 0.3 is 0 Å². The van der Waals surface area contributed by atoms with Crippen LogP contribution in [-0.4, -0.2) is 64.4 Å². The molecule has 1 saturated heterocycles. The molecule has 0 aliphatic carbocycles. The van der Waals surface area contributed by atoms with Crippen molar-refractivity contribution in [3.63, 3.8) is 0 Å². The highest BCUT2D eigenvalue weighted by atomic mass is 16.5. The summed E-state index contributed by atoms with van der Waals surface area (Å²) in [5, 5.41) is 0. The summed E-state index contributed by atoms with van der Waals surface area (Å²) in [6.07, 6.45) is 3.23. The van der Waals surface area contributed by atoms with Crippen molar-refractivity contribution in [1.82, 2.24) is 4.90 Å². The van der Waals surface area contributed by atoms with E-state index in [0.29, 0.717) is 23.9 Å². The second-order valence-corrected chi connectivity index (χ2v) is 5.50. The van der Waals surface area contributed by atoms with E-state index in [4.69, 9.17) is 18.9 Å². The minimum Gasteiger partial charge on any atom is -0.493 e. The lowest BCUT2D eigenvalue weighted by atomic mass is 10.1. The molecule has 6 nitrogen and oxygen atoms in total. The smallest absolute Gasteiger partial charge is 0.203 e. The molecule has 1 aliphatic heterocycles. The lowest BCUT2D eigenvalue weighted by Gasteiger charge is -2.26. The Bertz CT molecular complexity index is 554. The van der Waals surface area contributed by atoms with Gasteiger partial charge in [0.1, 0.15) is 6.61 Å². The van der Waals surface area contributed by atoms with Crippen molar-refractivity contribution in [1.29, 1.82) is 0 Å². The molecule has 6 heteroatoms. The molecular weight excluding hydrogens is 310 g/mol. The quantitative estimate of drug-likeness (QED) is 0.678. The van der Waals surface area contributed by atoms with Crippen LogP contribution in [-0.2, 0) is 9.53 Å². The Hall–Kier alpha value is -2.05. The molecule has 1 fully saturated rings. The number of morpholine rings is 1. The maximum absolute atomic E-state index is 11.1. The van der Waals surface area contributed by atoms with Gasteiger partial charge in [0.15, 0.2) is 17.3 Å². The van der Waals surface area contributed by atoms with E-state index < -0.39 is 0 Å². The Morgan fingerprint density at radius 1 is 1.21 bits per heavy atom. The highest BCUT2D eigenvalue weighted by Gasteiger charge is 2.15. The van der Waals surface area contributed by atoms with Gasteiger partial charge < -0.3 is 18.9 Å². The molecule has 0 atom stereocenters. The van der Waals surface area contributed by atoms with Crippen molar-refractivity contribution in [2.45, 2.75) is 6.92 Å². The predicted octanol–water partition coefficient (Wildman–Crippen LogP) is 2.02. The number of allylic oxidation sites excluding steroid dienone is 1. The van der Waals surface area contributed by atoms with E-state index >= 15 is 0 Å². The number of ether oxygens (including phenoxy) is 4. The average Bonchev–Trinajstić information content (AvgIpc) is 2.61. The predicted molar refractivity (Wildman–Crippen MR) is 92.0 cm³/mol. The van der Waals surface area contributed by atoms with Crippen LogP contribution in [0, 0.1) is 0 Å². The molecule has 0 amide bonds. The zero-order valence-corrected chi connectivity index (χ0v) is 14.5. The van der Waals surface area contributed by atoms with Crippen LogP contribution in [0.25, 0.3) is 6.08 Å². The van der Waals surface area contributed by atoms with Crippen molar-refractivity contribution >= 4 is 11.9 Å². The molecule has 0 unspecified atom stereocenters. The first-order valence-electron chi connectivity index (χ1n) is 8.01. The summed E-state index contributed by atoms with van der Waals surface area (Å²) in [6.45, 7) is 6.25. The van der Waals surface area contributed by atoms with Crippen molar-refractivity contribution in [3.8, 4) is 17.2 Å². The number of carbonyl (C=O) groups excluding carboxylic acids is 1. The van der Waals surface area contributed by atoms with Gasteiger partial charge in [0.05, 0.1) is 27.4 Å². The van der Waals surface area contributed by atoms with E-state index in [2.05, 4.69) is 4.90 Å². The summed E-state index contributed by atoms with van der Waals surface area (Å²) in [4.78, 5) is 13.4. The van der Waals surface area contributed by atoms with Crippen LogP contribution >= 0.6 is 0 Å². The first-order valence-corrected chi connectivity index (χ1v) is 8.01. The fourth-order valence-corrected chi connectivity index (χ4v) is 2.45. The summed E-state index contributed by atoms with van der Waals surface area (Å²) in [6, 6.07) is 3.65. The second-order valence-electron chi connectivity index (χ2n) is 5.50. The number of rotatable bonds is 8. The summed E-state index contributed by atoms with van der Waals surface area (Å²) in [5.74, 6) is 1.73. The molecule has 24 heavy (non-hydrogen) atoms. The third-order valence-electron chi connectivity index (χ3n) is 3.75. The third kappa shape index (κ3) is 5.25. The molecule has 1 heterocycles. The summed E-state index contributed by atoms with van der Waals surface area (Å²) < 4.78 is 22.1. The first kappa shape index (κ1) is 18.3. The Kier molecular flexibility index (Phi) is 7.08. The van der Waals surface area contributed by atoms with Crippen LogP contribution in [0.15, 0.2) is 18.2 Å². The lowest BCUT2D eigenvalue weighted by molar-refractivity contribution is -0.112. The number of hydrogen-bond acceptors (Lipinski definition) is 6. The average molecular weight is 335 g/mol. The Morgan fingerprint density at radius 3 is 2.38 bits per heavy atom. The van der Waals surface area contributed by atoms with Crippen molar-refractivity contribution in [3.05, 3.63) is 23.8 Å². The minimum atomic E-state index is -0.0150. The molecule has 0 aromatic heterocycles. The van der Waals surface area contributed by atoms with Gasteiger partial charge in [0.25, 0.3) is 0 Å². The van der Waals surface area contributed by atoms with E-state index in [9.17, 15) is 4.79 Å². The van der Waals surface area contributed by atoms with E-state index in [1.807, 2.05) is 12.1 Å². The lowest BCUT2D eigenvalue weighted by Crippen LogP contribution is -2.38. The zero-order chi connectivity index (χ0) is 17.4. The number of benzene rings is 1. The minimum absolute atomic E-state index is 0.0150. The van der Waals surface area contributed by atoms with Crippen LogP contribution < -0.4 is 14.2 Å². The highest BCUT2D eigenvalue weighted by molar-refractivity contribution is 5.91. The van der Waals surface area contributed by atoms with Crippen LogP contribution in [0.5, 0.6) is 17.2 Å². The second kappa shape index (κ2) is 9.30. The van der Waals surface area contributed by atoms with Crippen LogP contribution in [0.1, 0.15) is 12.5 Å². The molecule has 1 aromatic rings. The van der Waals surface area contributed by atoms with E-state index in [-0.39, 0.29) is 5.78 Å². The fraction of sp³-hybridized carbons (Fsp3) is 0.500. The van der Waals surface area contributed by atoms with Gasteiger partial charge in [0.2, 0.25) is 5.75 Å². The zero-order valence-electron chi connectivity index (χ0n) is 14.5. The summed E-state index contributed by atoms with van der Waals surface area (Å²) >= 11 is 0. The van der Waals surface area contributed by atoms with Gasteiger partial charge in [-0.05, 0) is 30.7 Å². The van der Waals surface area contributed by atoms with E-state index in [1.165, 1.54) is 13.0 Å². The maximum Gasteiger partial charge on any atom is 0.203 e. The monoisotopic (exact) mass is 335 g/mol. The van der Waals surface area contributed by atoms with Crippen molar-refractivity contribution in [2.75, 3.05) is 53.7 Å². The van der Waals surface area contributed by atoms with Crippen LogP contribution in [0.4, 0.5) is 0 Å². The van der Waals surface area contributed by atoms with Gasteiger partial charge in [-0.1, -0.05) is 6.08 Å². The highest BCUT2D eigenvalue weighted by Crippen LogP contribution is 2.38. The molecule has 1 aliphatic rings. The number of nitrogens with zero attached hydrogens (tertiary/aromatic N) is 1. The number of methoxy groups -OCH3 is 2. The van der Waals surface area contributed by atoms with Gasteiger partial charge in [-0.25, -0.2) is 0 Å². The van der Waals surface area contributed by atoms with Crippen LogP contribution in [0.3, 0.4) is 0 Å². The molecule has 1 aromatic carbocycles. The van der Waals surface area contributed by atoms with Gasteiger partial charge in [-0.2, -0.15) is 0 Å². The number of carbonyl (C=O) groups is 1. The first-order chi connectivity index (χ1) is 11.6. The summed E-state index contributed by atoms with van der Waals surface area (Å²) in [5.41, 5.74) is 0.819. The molecule has 0 saturated carbocycles. The SMILES string of the molecule is COc1cc(C=CC(C)=O)cc(OC)c1OCCN1CCOCC1. The Labute approximate surface area is 142 Å². The number of hydrogen-bond donors (Lipinski definition) is 0.